The largest absolute Gasteiger partial charge is 0.506 e. The number of pyridine rings is 1. The molecule has 0 bridgehead atoms. The fourth-order valence-electron chi connectivity index (χ4n) is 0.997. The Balaban J connectivity index is 0.000000487. The van der Waals surface area contributed by atoms with Crippen molar-refractivity contribution in [3.8, 4) is 5.75 Å². The Bertz CT molecular complexity index is 330. The first kappa shape index (κ1) is 15.0. The number of aliphatic hydroxyl groups excluding tert-OH is 2. The first-order valence-corrected chi connectivity index (χ1v) is 5.02. The van der Waals surface area contributed by atoms with Crippen molar-refractivity contribution >= 4 is 0 Å². The van der Waals surface area contributed by atoms with Crippen LogP contribution in [0.25, 0.3) is 0 Å². The number of aliphatic hydroxyl groups is 2. The average Bonchev–Trinajstić information content (AvgIpc) is 2.21. The molecule has 0 saturated heterocycles. The Morgan fingerprint density at radius 2 is 1.81 bits per heavy atom. The summed E-state index contributed by atoms with van der Waals surface area (Å²) in [5, 5.41) is 27.0. The number of halogens is 1. The van der Waals surface area contributed by atoms with Gasteiger partial charge in [0.05, 0.1) is 18.9 Å². The van der Waals surface area contributed by atoms with Gasteiger partial charge in [0, 0.05) is 22.0 Å². The monoisotopic (exact) mass is 253 g/mol. The minimum atomic E-state index is -2.60. The molecule has 8 heteroatoms. The molecule has 0 radical (unpaired) electrons. The molecule has 16 heavy (non-hydrogen) atoms. The Morgan fingerprint density at radius 3 is 2.19 bits per heavy atom. The fraction of sp³-hybridized carbons (Fsp3) is 0.375. The molecule has 0 atom stereocenters. The Kier molecular flexibility index (Phi) is 6.90. The van der Waals surface area contributed by atoms with Gasteiger partial charge in [-0.25, -0.2) is 0 Å². The van der Waals surface area contributed by atoms with E-state index in [2.05, 4.69) is 4.98 Å². The van der Waals surface area contributed by atoms with Crippen molar-refractivity contribution in [2.24, 2.45) is 0 Å². The SMILES string of the molecule is Cc1ncc(CO)c(CO)c1O.[O-][Cl+2]([O-])O. The molecular formula is C8H12ClNO6. The van der Waals surface area contributed by atoms with E-state index in [1.165, 1.54) is 6.20 Å². The van der Waals surface area contributed by atoms with Crippen LogP contribution in [0.5, 0.6) is 5.75 Å². The molecule has 1 heterocycles. The number of nitrogens with zero attached hydrogens (tertiary/aromatic N) is 1. The summed E-state index contributed by atoms with van der Waals surface area (Å²) >= 11 is 0. The van der Waals surface area contributed by atoms with Crippen LogP contribution in [0, 0.1) is 17.7 Å². The van der Waals surface area contributed by atoms with Gasteiger partial charge in [0.15, 0.2) is 0 Å². The third-order valence-corrected chi connectivity index (χ3v) is 1.76. The Labute approximate surface area is 94.6 Å². The zero-order chi connectivity index (χ0) is 12.7. The lowest BCUT2D eigenvalue weighted by molar-refractivity contribution is -1.63. The molecule has 0 amide bonds. The number of aromatic hydroxyl groups is 1. The van der Waals surface area contributed by atoms with Crippen LogP contribution < -0.4 is 9.32 Å². The molecule has 0 spiro atoms. The highest BCUT2D eigenvalue weighted by Crippen LogP contribution is 2.23. The molecule has 1 aromatic rings. The van der Waals surface area contributed by atoms with E-state index in [9.17, 15) is 5.11 Å². The highest BCUT2D eigenvalue weighted by atomic mass is 35.6. The lowest BCUT2D eigenvalue weighted by Crippen LogP contribution is -2.30. The highest BCUT2D eigenvalue weighted by Gasteiger charge is 2.09. The van der Waals surface area contributed by atoms with Gasteiger partial charge in [-0.05, 0) is 6.92 Å². The van der Waals surface area contributed by atoms with Crippen LogP contribution in [0.3, 0.4) is 0 Å². The maximum absolute atomic E-state index is 9.38. The fourth-order valence-corrected chi connectivity index (χ4v) is 0.997. The molecule has 1 rings (SSSR count). The summed E-state index contributed by atoms with van der Waals surface area (Å²) < 4.78 is 24.0. The number of aromatic nitrogens is 1. The van der Waals surface area contributed by atoms with Crippen LogP contribution >= 0.6 is 0 Å². The standard InChI is InChI=1S/C8H11NO3.ClHO3/c1-5-8(12)7(4-11)6(3-10)2-9-5;2-1(3)4/h2,10-12H,3-4H2,1H3;2H. The Morgan fingerprint density at radius 1 is 1.31 bits per heavy atom. The molecule has 7 nitrogen and oxygen atoms in total. The molecule has 1 aromatic heterocycles. The van der Waals surface area contributed by atoms with E-state index in [4.69, 9.17) is 24.2 Å². The van der Waals surface area contributed by atoms with Gasteiger partial charge in [0.25, 0.3) is 10.8 Å². The molecule has 4 N–H and O–H groups in total. The quantitative estimate of drug-likeness (QED) is 0.444. The molecular weight excluding hydrogens is 242 g/mol. The summed E-state index contributed by atoms with van der Waals surface area (Å²) in [6.45, 7) is 1.12. The first-order chi connectivity index (χ1) is 7.43. The van der Waals surface area contributed by atoms with Gasteiger partial charge < -0.3 is 24.6 Å². The summed E-state index contributed by atoms with van der Waals surface area (Å²) in [5.41, 5.74) is 1.27. The van der Waals surface area contributed by atoms with E-state index >= 15 is 0 Å². The van der Waals surface area contributed by atoms with Crippen molar-refractivity contribution < 1.29 is 40.1 Å². The van der Waals surface area contributed by atoms with Gasteiger partial charge in [0.1, 0.15) is 5.75 Å². The van der Waals surface area contributed by atoms with E-state index in [0.29, 0.717) is 16.8 Å². The normalized spacial score (nSPS) is 9.94. The van der Waals surface area contributed by atoms with Crippen LogP contribution in [0.2, 0.25) is 0 Å². The smallest absolute Gasteiger partial charge is 0.282 e. The van der Waals surface area contributed by atoms with Gasteiger partial charge in [0.2, 0.25) is 0 Å². The van der Waals surface area contributed by atoms with Crippen molar-refractivity contribution in [3.63, 3.8) is 0 Å². The second-order valence-electron chi connectivity index (χ2n) is 2.71. The second-order valence-corrected chi connectivity index (χ2v) is 3.12. The zero-order valence-electron chi connectivity index (χ0n) is 8.42. The van der Waals surface area contributed by atoms with E-state index < -0.39 is 10.8 Å². The minimum absolute atomic E-state index is 0.0379. The molecule has 0 saturated carbocycles. The van der Waals surface area contributed by atoms with Gasteiger partial charge in [-0.3, -0.25) is 4.98 Å². The lowest BCUT2D eigenvalue weighted by atomic mass is 10.1. The number of hydrogen-bond acceptors (Lipinski definition) is 7. The van der Waals surface area contributed by atoms with Gasteiger partial charge in [-0.1, -0.05) is 0 Å². The van der Waals surface area contributed by atoms with E-state index in [1.807, 2.05) is 0 Å². The van der Waals surface area contributed by atoms with Gasteiger partial charge in [-0.2, -0.15) is 0 Å². The third kappa shape index (κ3) is 4.71. The van der Waals surface area contributed by atoms with E-state index in [1.54, 1.807) is 6.92 Å². The minimum Gasteiger partial charge on any atom is -0.506 e. The van der Waals surface area contributed by atoms with Crippen molar-refractivity contribution in [2.75, 3.05) is 0 Å². The van der Waals surface area contributed by atoms with Crippen LogP contribution in [-0.4, -0.2) is 25.0 Å². The van der Waals surface area contributed by atoms with Gasteiger partial charge >= 0.3 is 0 Å². The molecule has 0 unspecified atom stereocenters. The number of rotatable bonds is 2. The summed E-state index contributed by atoms with van der Waals surface area (Å²) in [5.74, 6) is -0.0379. The Hall–Kier alpha value is -0.960. The highest BCUT2D eigenvalue weighted by molar-refractivity contribution is 5.39. The predicted octanol–water partition coefficient (Wildman–Crippen LogP) is -2.85. The maximum atomic E-state index is 9.38. The molecule has 0 aromatic carbocycles. The topological polar surface area (TPSA) is 140 Å². The van der Waals surface area contributed by atoms with Gasteiger partial charge in [-0.15, -0.1) is 0 Å². The van der Waals surface area contributed by atoms with Crippen molar-refractivity contribution in [1.82, 2.24) is 4.98 Å². The maximum Gasteiger partial charge on any atom is 0.282 e. The second kappa shape index (κ2) is 7.34. The van der Waals surface area contributed by atoms with Crippen LogP contribution in [0.4, 0.5) is 0 Å². The zero-order valence-corrected chi connectivity index (χ0v) is 9.18. The molecule has 0 aliphatic heterocycles. The van der Waals surface area contributed by atoms with Crippen molar-refractivity contribution in [1.29, 1.82) is 0 Å². The summed E-state index contributed by atoms with van der Waals surface area (Å²) in [6.07, 6.45) is 1.45. The van der Waals surface area contributed by atoms with E-state index in [0.717, 1.165) is 0 Å². The lowest BCUT2D eigenvalue weighted by Gasteiger charge is -2.07. The van der Waals surface area contributed by atoms with Crippen molar-refractivity contribution in [2.45, 2.75) is 20.1 Å². The molecule has 0 aliphatic rings. The van der Waals surface area contributed by atoms with Crippen LogP contribution in [0.15, 0.2) is 6.20 Å². The number of hydrogen-bond donors (Lipinski definition) is 4. The van der Waals surface area contributed by atoms with Crippen LogP contribution in [-0.2, 0) is 13.2 Å². The first-order valence-electron chi connectivity index (χ1n) is 4.06. The average molecular weight is 254 g/mol. The third-order valence-electron chi connectivity index (χ3n) is 1.76. The van der Waals surface area contributed by atoms with Crippen LogP contribution in [0.1, 0.15) is 16.8 Å². The molecule has 92 valence electrons. The molecule has 0 fully saturated rings. The van der Waals surface area contributed by atoms with Crippen molar-refractivity contribution in [3.05, 3.63) is 23.0 Å². The predicted molar refractivity (Wildman–Crippen MR) is 44.7 cm³/mol. The summed E-state index contributed by atoms with van der Waals surface area (Å²) in [4.78, 5) is 3.84. The summed E-state index contributed by atoms with van der Waals surface area (Å²) in [6, 6.07) is 0. The molecule has 0 aliphatic carbocycles. The number of aryl methyl sites for hydroxylation is 1. The summed E-state index contributed by atoms with van der Waals surface area (Å²) in [7, 11) is -2.60. The van der Waals surface area contributed by atoms with E-state index in [-0.39, 0.29) is 19.0 Å².